The van der Waals surface area contributed by atoms with Crippen molar-refractivity contribution in [2.75, 3.05) is 23.3 Å². The van der Waals surface area contributed by atoms with Gasteiger partial charge < -0.3 is 20.4 Å². The van der Waals surface area contributed by atoms with Crippen LogP contribution in [-0.2, 0) is 14.4 Å². The number of nitrogens with zero attached hydrogens (tertiary/aromatic N) is 1. The van der Waals surface area contributed by atoms with Gasteiger partial charge in [-0.25, -0.2) is 0 Å². The van der Waals surface area contributed by atoms with Gasteiger partial charge in [-0.1, -0.05) is 0 Å². The number of halogens is 1. The highest BCUT2D eigenvalue weighted by Gasteiger charge is 2.35. The lowest BCUT2D eigenvalue weighted by Crippen LogP contribution is -2.47. The summed E-state index contributed by atoms with van der Waals surface area (Å²) in [6.45, 7) is 1.12. The van der Waals surface area contributed by atoms with Gasteiger partial charge in [-0.15, -0.1) is 0 Å². The molecular weight excluding hydrogens is 418 g/mol. The SMILES string of the molecule is O=C(O)CC1(O)CCN(c2ccc(NC3CCC(=O)NC3=O)cc2Br)CC1. The molecule has 0 radical (unpaired) electrons. The van der Waals surface area contributed by atoms with Crippen molar-refractivity contribution < 1.29 is 24.6 Å². The van der Waals surface area contributed by atoms with Crippen LogP contribution in [0.5, 0.6) is 0 Å². The Morgan fingerprint density at radius 2 is 2.04 bits per heavy atom. The number of carbonyl (C=O) groups is 3. The second kappa shape index (κ2) is 7.85. The number of benzene rings is 1. The summed E-state index contributed by atoms with van der Waals surface area (Å²) >= 11 is 3.55. The van der Waals surface area contributed by atoms with Crippen molar-refractivity contribution in [2.45, 2.75) is 43.7 Å². The summed E-state index contributed by atoms with van der Waals surface area (Å²) in [5.41, 5.74) is 0.558. The van der Waals surface area contributed by atoms with E-state index in [1.807, 2.05) is 18.2 Å². The van der Waals surface area contributed by atoms with E-state index >= 15 is 0 Å². The van der Waals surface area contributed by atoms with Crippen molar-refractivity contribution >= 4 is 45.1 Å². The molecular formula is C18H22BrN3O5. The predicted molar refractivity (Wildman–Crippen MR) is 103 cm³/mol. The molecule has 0 aliphatic carbocycles. The Balaban J connectivity index is 1.63. The second-order valence-electron chi connectivity index (χ2n) is 7.10. The van der Waals surface area contributed by atoms with E-state index in [4.69, 9.17) is 5.11 Å². The van der Waals surface area contributed by atoms with Crippen molar-refractivity contribution in [3.63, 3.8) is 0 Å². The molecule has 2 aliphatic heterocycles. The van der Waals surface area contributed by atoms with Crippen molar-refractivity contribution in [3.05, 3.63) is 22.7 Å². The van der Waals surface area contributed by atoms with Crippen LogP contribution in [-0.4, -0.2) is 52.7 Å². The molecule has 2 saturated heterocycles. The summed E-state index contributed by atoms with van der Waals surface area (Å²) in [6.07, 6.45) is 1.31. The standard InChI is InChI=1S/C18H22BrN3O5/c19-12-9-11(20-13-2-4-15(23)21-17(13)26)1-3-14(12)22-7-5-18(27,6-8-22)10-16(24)25/h1,3,9,13,20,27H,2,4-8,10H2,(H,24,25)(H,21,23,26). The number of aliphatic hydroxyl groups is 1. The molecule has 9 heteroatoms. The number of hydrogen-bond acceptors (Lipinski definition) is 6. The molecule has 2 heterocycles. The van der Waals surface area contributed by atoms with E-state index in [-0.39, 0.29) is 18.2 Å². The van der Waals surface area contributed by atoms with Crippen LogP contribution in [0.1, 0.15) is 32.1 Å². The lowest BCUT2D eigenvalue weighted by molar-refractivity contribution is -0.143. The number of piperidine rings is 2. The molecule has 146 valence electrons. The highest BCUT2D eigenvalue weighted by molar-refractivity contribution is 9.10. The van der Waals surface area contributed by atoms with Crippen LogP contribution in [0.4, 0.5) is 11.4 Å². The second-order valence-corrected chi connectivity index (χ2v) is 7.95. The molecule has 8 nitrogen and oxygen atoms in total. The van der Waals surface area contributed by atoms with Crippen molar-refractivity contribution in [1.29, 1.82) is 0 Å². The average molecular weight is 440 g/mol. The Bertz CT molecular complexity index is 761. The fraction of sp³-hybridized carbons (Fsp3) is 0.500. The molecule has 0 aromatic heterocycles. The first-order valence-electron chi connectivity index (χ1n) is 8.85. The maximum Gasteiger partial charge on any atom is 0.306 e. The minimum absolute atomic E-state index is 0.239. The molecule has 0 bridgehead atoms. The van der Waals surface area contributed by atoms with Crippen LogP contribution in [0, 0.1) is 0 Å². The first kappa shape index (κ1) is 19.6. The Labute approximate surface area is 165 Å². The quantitative estimate of drug-likeness (QED) is 0.512. The van der Waals surface area contributed by atoms with Crippen LogP contribution in [0.25, 0.3) is 0 Å². The Hall–Kier alpha value is -2.13. The predicted octanol–water partition coefficient (Wildman–Crippen LogP) is 1.47. The minimum Gasteiger partial charge on any atom is -0.481 e. The first-order valence-corrected chi connectivity index (χ1v) is 9.64. The van der Waals surface area contributed by atoms with Crippen LogP contribution < -0.4 is 15.5 Å². The zero-order chi connectivity index (χ0) is 19.6. The van der Waals surface area contributed by atoms with Gasteiger partial charge in [-0.05, 0) is 53.4 Å². The summed E-state index contributed by atoms with van der Waals surface area (Å²) in [5, 5.41) is 24.7. The van der Waals surface area contributed by atoms with Gasteiger partial charge in [0.25, 0.3) is 0 Å². The summed E-state index contributed by atoms with van der Waals surface area (Å²) in [7, 11) is 0. The summed E-state index contributed by atoms with van der Waals surface area (Å²) in [5.74, 6) is -1.56. The molecule has 1 aromatic carbocycles. The first-order chi connectivity index (χ1) is 12.8. The molecule has 4 N–H and O–H groups in total. The number of rotatable bonds is 5. The fourth-order valence-corrected chi connectivity index (χ4v) is 4.14. The Kier molecular flexibility index (Phi) is 5.71. The van der Waals surface area contributed by atoms with Gasteiger partial charge in [0.15, 0.2) is 0 Å². The van der Waals surface area contributed by atoms with Crippen LogP contribution in [0.15, 0.2) is 22.7 Å². The molecule has 0 spiro atoms. The van der Waals surface area contributed by atoms with Gasteiger partial charge in [0.2, 0.25) is 11.8 Å². The lowest BCUT2D eigenvalue weighted by Gasteiger charge is -2.39. The minimum atomic E-state index is -1.15. The van der Waals surface area contributed by atoms with Gasteiger partial charge in [-0.2, -0.15) is 0 Å². The van der Waals surface area contributed by atoms with Crippen molar-refractivity contribution in [2.24, 2.45) is 0 Å². The topological polar surface area (TPSA) is 119 Å². The van der Waals surface area contributed by atoms with Crippen molar-refractivity contribution in [1.82, 2.24) is 5.32 Å². The van der Waals surface area contributed by atoms with Gasteiger partial charge in [0, 0.05) is 29.7 Å². The number of hydrogen-bond donors (Lipinski definition) is 4. The lowest BCUT2D eigenvalue weighted by atomic mass is 9.88. The molecule has 2 amide bonds. The highest BCUT2D eigenvalue weighted by atomic mass is 79.9. The third-order valence-corrected chi connectivity index (χ3v) is 5.68. The molecule has 2 aliphatic rings. The summed E-state index contributed by atoms with van der Waals surface area (Å²) < 4.78 is 0.837. The van der Waals surface area contributed by atoms with E-state index in [1.54, 1.807) is 0 Å². The fourth-order valence-electron chi connectivity index (χ4n) is 3.51. The average Bonchev–Trinajstić information content (AvgIpc) is 2.58. The summed E-state index contributed by atoms with van der Waals surface area (Å²) in [4.78, 5) is 36.1. The largest absolute Gasteiger partial charge is 0.481 e. The maximum atomic E-state index is 11.9. The molecule has 1 unspecified atom stereocenters. The molecule has 27 heavy (non-hydrogen) atoms. The van der Waals surface area contributed by atoms with Crippen molar-refractivity contribution in [3.8, 4) is 0 Å². The van der Waals surface area contributed by atoms with Crippen LogP contribution in [0.3, 0.4) is 0 Å². The number of imide groups is 1. The Morgan fingerprint density at radius 3 is 2.63 bits per heavy atom. The molecule has 1 aromatic rings. The summed E-state index contributed by atoms with van der Waals surface area (Å²) in [6, 6.07) is 5.21. The zero-order valence-corrected chi connectivity index (χ0v) is 16.3. The number of nitrogens with one attached hydrogen (secondary N) is 2. The van der Waals surface area contributed by atoms with E-state index in [2.05, 4.69) is 31.5 Å². The van der Waals surface area contributed by atoms with E-state index in [0.29, 0.717) is 38.8 Å². The zero-order valence-electron chi connectivity index (χ0n) is 14.7. The molecule has 0 saturated carbocycles. The maximum absolute atomic E-state index is 11.9. The van der Waals surface area contributed by atoms with E-state index in [0.717, 1.165) is 15.8 Å². The molecule has 2 fully saturated rings. The molecule has 3 rings (SSSR count). The third-order valence-electron chi connectivity index (χ3n) is 5.04. The van der Waals surface area contributed by atoms with Gasteiger partial charge in [-0.3, -0.25) is 19.7 Å². The highest BCUT2D eigenvalue weighted by Crippen LogP contribution is 2.34. The van der Waals surface area contributed by atoms with E-state index in [9.17, 15) is 19.5 Å². The van der Waals surface area contributed by atoms with Gasteiger partial charge >= 0.3 is 5.97 Å². The van der Waals surface area contributed by atoms with Crippen LogP contribution in [0.2, 0.25) is 0 Å². The number of carboxylic acid groups (broad SMARTS) is 1. The van der Waals surface area contributed by atoms with E-state index < -0.39 is 17.6 Å². The van der Waals surface area contributed by atoms with Gasteiger partial charge in [0.05, 0.1) is 17.7 Å². The van der Waals surface area contributed by atoms with Crippen LogP contribution >= 0.6 is 15.9 Å². The number of aliphatic carboxylic acids is 1. The molecule has 1 atom stereocenters. The smallest absolute Gasteiger partial charge is 0.306 e. The third kappa shape index (κ3) is 4.78. The number of amides is 2. The number of carbonyl (C=O) groups excluding carboxylic acids is 2. The normalized spacial score (nSPS) is 22.3. The van der Waals surface area contributed by atoms with E-state index in [1.165, 1.54) is 0 Å². The number of carboxylic acids is 1. The monoisotopic (exact) mass is 439 g/mol. The van der Waals surface area contributed by atoms with Gasteiger partial charge in [0.1, 0.15) is 6.04 Å². The number of anilines is 2. The Morgan fingerprint density at radius 1 is 1.33 bits per heavy atom.